The number of carbonyl (C=O) groups excluding carboxylic acids is 1. The first-order valence-corrected chi connectivity index (χ1v) is 7.38. The van der Waals surface area contributed by atoms with Crippen molar-refractivity contribution in [1.82, 2.24) is 14.8 Å². The van der Waals surface area contributed by atoms with Crippen LogP contribution in [0.4, 0.5) is 5.69 Å². The van der Waals surface area contributed by atoms with Crippen molar-refractivity contribution in [2.45, 2.75) is 13.8 Å². The van der Waals surface area contributed by atoms with Gasteiger partial charge in [0.15, 0.2) is 0 Å². The maximum atomic E-state index is 12.4. The Morgan fingerprint density at radius 1 is 1.26 bits per heavy atom. The first-order chi connectivity index (χ1) is 10.8. The van der Waals surface area contributed by atoms with Crippen LogP contribution < -0.4 is 5.32 Å². The smallest absolute Gasteiger partial charge is 0.307 e. The van der Waals surface area contributed by atoms with Crippen molar-refractivity contribution in [2.75, 3.05) is 5.32 Å². The maximum Gasteiger partial charge on any atom is 0.307 e. The minimum atomic E-state index is -0.959. The minimum Gasteiger partial charge on any atom is -0.481 e. The molecule has 7 nitrogen and oxygen atoms in total. The topological polar surface area (TPSA) is 97.1 Å². The summed E-state index contributed by atoms with van der Waals surface area (Å²) >= 11 is 6.13. The summed E-state index contributed by atoms with van der Waals surface area (Å²) in [5.74, 6) is -2.55. The summed E-state index contributed by atoms with van der Waals surface area (Å²) < 4.78 is 1.67. The van der Waals surface area contributed by atoms with Gasteiger partial charge >= 0.3 is 5.97 Å². The van der Waals surface area contributed by atoms with E-state index in [9.17, 15) is 14.7 Å². The van der Waals surface area contributed by atoms with Crippen LogP contribution in [0.1, 0.15) is 13.8 Å². The van der Waals surface area contributed by atoms with Crippen molar-refractivity contribution in [2.24, 2.45) is 17.3 Å². The molecule has 23 heavy (non-hydrogen) atoms. The van der Waals surface area contributed by atoms with Crippen molar-refractivity contribution in [3.63, 3.8) is 0 Å². The van der Waals surface area contributed by atoms with Gasteiger partial charge in [0, 0.05) is 0 Å². The van der Waals surface area contributed by atoms with Crippen LogP contribution in [0.5, 0.6) is 0 Å². The predicted octanol–water partition coefficient (Wildman–Crippen LogP) is 2.22. The van der Waals surface area contributed by atoms with Crippen molar-refractivity contribution in [3.8, 4) is 5.69 Å². The Morgan fingerprint density at radius 2 is 1.91 bits per heavy atom. The molecule has 0 radical (unpaired) electrons. The van der Waals surface area contributed by atoms with Gasteiger partial charge in [-0.15, -0.1) is 10.2 Å². The first-order valence-electron chi connectivity index (χ1n) is 7.00. The zero-order chi connectivity index (χ0) is 16.8. The summed E-state index contributed by atoms with van der Waals surface area (Å²) in [7, 11) is 0. The Balaban J connectivity index is 1.82. The number of aromatic nitrogens is 3. The number of anilines is 1. The molecular weight excluding hydrogens is 320 g/mol. The van der Waals surface area contributed by atoms with Gasteiger partial charge in [-0.1, -0.05) is 25.4 Å². The molecule has 3 rings (SSSR count). The van der Waals surface area contributed by atoms with Crippen LogP contribution in [-0.4, -0.2) is 31.7 Å². The third kappa shape index (κ3) is 2.68. The molecule has 0 spiro atoms. The van der Waals surface area contributed by atoms with Crippen LogP contribution in [0.2, 0.25) is 5.02 Å². The molecular formula is C15H15ClN4O3. The highest BCUT2D eigenvalue weighted by molar-refractivity contribution is 6.33. The van der Waals surface area contributed by atoms with Crippen molar-refractivity contribution < 1.29 is 14.7 Å². The van der Waals surface area contributed by atoms with Crippen molar-refractivity contribution >= 4 is 29.2 Å². The fraction of sp³-hybridized carbons (Fsp3) is 0.333. The SMILES string of the molecule is CC1(C)[C@H](C(=O)O)[C@H]1C(=O)Nc1cc(-n2cnnc2)ccc1Cl. The number of carbonyl (C=O) groups is 2. The van der Waals surface area contributed by atoms with Crippen LogP contribution in [0, 0.1) is 17.3 Å². The Hall–Kier alpha value is -2.41. The lowest BCUT2D eigenvalue weighted by Gasteiger charge is -2.10. The zero-order valence-electron chi connectivity index (χ0n) is 12.5. The van der Waals surface area contributed by atoms with E-state index in [4.69, 9.17) is 11.6 Å². The van der Waals surface area contributed by atoms with Gasteiger partial charge in [0.25, 0.3) is 0 Å². The van der Waals surface area contributed by atoms with Crippen LogP contribution >= 0.6 is 11.6 Å². The number of nitrogens with one attached hydrogen (secondary N) is 1. The number of aliphatic carboxylic acids is 1. The van der Waals surface area contributed by atoms with Crippen molar-refractivity contribution in [1.29, 1.82) is 0 Å². The van der Waals surface area contributed by atoms with E-state index in [0.29, 0.717) is 10.7 Å². The molecule has 1 aromatic carbocycles. The number of hydrogen-bond acceptors (Lipinski definition) is 4. The molecule has 2 aromatic rings. The lowest BCUT2D eigenvalue weighted by atomic mass is 10.1. The number of rotatable bonds is 4. The summed E-state index contributed by atoms with van der Waals surface area (Å²) in [5.41, 5.74) is 0.600. The number of carboxylic acid groups (broad SMARTS) is 1. The molecule has 1 heterocycles. The molecule has 120 valence electrons. The van der Waals surface area contributed by atoms with Gasteiger partial charge in [-0.05, 0) is 23.6 Å². The number of carboxylic acids is 1. The molecule has 8 heteroatoms. The van der Waals surface area contributed by atoms with E-state index < -0.39 is 23.2 Å². The molecule has 2 atom stereocenters. The average Bonchev–Trinajstić information content (AvgIpc) is 2.86. The quantitative estimate of drug-likeness (QED) is 0.893. The molecule has 0 bridgehead atoms. The molecule has 1 saturated carbocycles. The molecule has 0 saturated heterocycles. The van der Waals surface area contributed by atoms with E-state index in [-0.39, 0.29) is 5.91 Å². The summed E-state index contributed by atoms with van der Waals surface area (Å²) in [5, 5.41) is 19.7. The van der Waals surface area contributed by atoms with E-state index >= 15 is 0 Å². The number of hydrogen-bond donors (Lipinski definition) is 2. The van der Waals surface area contributed by atoms with E-state index in [0.717, 1.165) is 5.69 Å². The standard InChI is InChI=1S/C15H15ClN4O3/c1-15(2)11(12(15)14(22)23)13(21)19-10-5-8(3-4-9(10)16)20-6-17-18-7-20/h3-7,11-12H,1-2H3,(H,19,21)(H,22,23)/t11-,12-/m0/s1. The molecule has 1 amide bonds. The third-order valence-electron chi connectivity index (χ3n) is 4.30. The first kappa shape index (κ1) is 15.5. The average molecular weight is 335 g/mol. The monoisotopic (exact) mass is 334 g/mol. The second-order valence-electron chi connectivity index (χ2n) is 6.14. The van der Waals surface area contributed by atoms with Crippen LogP contribution in [-0.2, 0) is 9.59 Å². The predicted molar refractivity (Wildman–Crippen MR) is 83.4 cm³/mol. The number of benzene rings is 1. The normalized spacial score (nSPS) is 21.7. The Labute approximate surface area is 137 Å². The summed E-state index contributed by atoms with van der Waals surface area (Å²) in [6.07, 6.45) is 3.05. The van der Waals surface area contributed by atoms with E-state index in [2.05, 4.69) is 15.5 Å². The van der Waals surface area contributed by atoms with Gasteiger partial charge < -0.3 is 10.4 Å². The Kier molecular flexibility index (Phi) is 3.60. The number of amides is 1. The largest absolute Gasteiger partial charge is 0.481 e. The van der Waals surface area contributed by atoms with Gasteiger partial charge in [0.2, 0.25) is 5.91 Å². The summed E-state index contributed by atoms with van der Waals surface area (Å²) in [4.78, 5) is 23.6. The van der Waals surface area contributed by atoms with Crippen molar-refractivity contribution in [3.05, 3.63) is 35.9 Å². The summed E-state index contributed by atoms with van der Waals surface area (Å²) in [6, 6.07) is 5.11. The van der Waals surface area contributed by atoms with Gasteiger partial charge in [0.1, 0.15) is 12.7 Å². The van der Waals surface area contributed by atoms with E-state index in [1.807, 2.05) is 0 Å². The third-order valence-corrected chi connectivity index (χ3v) is 4.63. The molecule has 1 aliphatic carbocycles. The van der Waals surface area contributed by atoms with Gasteiger partial charge in [0.05, 0.1) is 28.2 Å². The van der Waals surface area contributed by atoms with E-state index in [1.54, 1.807) is 36.6 Å². The Bertz CT molecular complexity index is 773. The maximum absolute atomic E-state index is 12.4. The second-order valence-corrected chi connectivity index (χ2v) is 6.54. The lowest BCUT2D eigenvalue weighted by Crippen LogP contribution is -2.18. The lowest BCUT2D eigenvalue weighted by molar-refractivity contribution is -0.140. The highest BCUT2D eigenvalue weighted by atomic mass is 35.5. The molecule has 1 fully saturated rings. The minimum absolute atomic E-state index is 0.342. The Morgan fingerprint density at radius 3 is 2.48 bits per heavy atom. The fourth-order valence-electron chi connectivity index (χ4n) is 2.90. The molecule has 0 unspecified atom stereocenters. The van der Waals surface area contributed by atoms with Crippen LogP contribution in [0.15, 0.2) is 30.9 Å². The number of nitrogens with zero attached hydrogens (tertiary/aromatic N) is 3. The molecule has 1 aromatic heterocycles. The number of halogens is 1. The second kappa shape index (κ2) is 5.34. The molecule has 2 N–H and O–H groups in total. The van der Waals surface area contributed by atoms with Gasteiger partial charge in [-0.3, -0.25) is 14.2 Å². The van der Waals surface area contributed by atoms with Crippen LogP contribution in [0.25, 0.3) is 5.69 Å². The fourth-order valence-corrected chi connectivity index (χ4v) is 3.07. The zero-order valence-corrected chi connectivity index (χ0v) is 13.3. The molecule has 0 aliphatic heterocycles. The highest BCUT2D eigenvalue weighted by Gasteiger charge is 2.65. The highest BCUT2D eigenvalue weighted by Crippen LogP contribution is 2.58. The van der Waals surface area contributed by atoms with Gasteiger partial charge in [-0.2, -0.15) is 0 Å². The summed E-state index contributed by atoms with van der Waals surface area (Å²) in [6.45, 7) is 3.54. The van der Waals surface area contributed by atoms with E-state index in [1.165, 1.54) is 12.7 Å². The molecule has 1 aliphatic rings. The van der Waals surface area contributed by atoms with Gasteiger partial charge in [-0.25, -0.2) is 0 Å². The van der Waals surface area contributed by atoms with Crippen LogP contribution in [0.3, 0.4) is 0 Å².